The maximum atomic E-state index is 9.76. The summed E-state index contributed by atoms with van der Waals surface area (Å²) in [6.45, 7) is 1.61. The van der Waals surface area contributed by atoms with Crippen LogP contribution in [0.5, 0.6) is 0 Å². The lowest BCUT2D eigenvalue weighted by Crippen LogP contribution is -2.23. The molecule has 2 N–H and O–H groups in total. The zero-order chi connectivity index (χ0) is 9.03. The van der Waals surface area contributed by atoms with E-state index in [2.05, 4.69) is 4.98 Å². The molecule has 0 radical (unpaired) electrons. The first-order valence-corrected chi connectivity index (χ1v) is 3.91. The highest BCUT2D eigenvalue weighted by molar-refractivity contribution is 5.11. The molecule has 1 rings (SSSR count). The molecule has 12 heavy (non-hydrogen) atoms. The maximum Gasteiger partial charge on any atom is 0.106 e. The van der Waals surface area contributed by atoms with Gasteiger partial charge in [0, 0.05) is 19.2 Å². The van der Waals surface area contributed by atoms with Crippen molar-refractivity contribution in [2.75, 3.05) is 6.61 Å². The Kier molecular flexibility index (Phi) is 2.78. The summed E-state index contributed by atoms with van der Waals surface area (Å²) in [7, 11) is 0. The van der Waals surface area contributed by atoms with E-state index in [0.29, 0.717) is 12.1 Å². The monoisotopic (exact) mass is 167 g/mol. The minimum Gasteiger partial charge on any atom is -0.396 e. The molecule has 0 aliphatic heterocycles. The van der Waals surface area contributed by atoms with Crippen molar-refractivity contribution in [3.63, 3.8) is 0 Å². The Morgan fingerprint density at radius 1 is 1.50 bits per heavy atom. The third kappa shape index (κ3) is 2.03. The van der Waals surface area contributed by atoms with Crippen molar-refractivity contribution >= 4 is 0 Å². The predicted molar refractivity (Wildman–Crippen MR) is 45.5 cm³/mol. The molecule has 3 nitrogen and oxygen atoms in total. The van der Waals surface area contributed by atoms with Gasteiger partial charge < -0.3 is 10.2 Å². The molecule has 0 spiro atoms. The number of aliphatic hydroxyl groups excluding tert-OH is 1. The van der Waals surface area contributed by atoms with Gasteiger partial charge in [0.05, 0.1) is 5.69 Å². The molecule has 0 saturated heterocycles. The second-order valence-corrected chi connectivity index (χ2v) is 2.96. The van der Waals surface area contributed by atoms with Crippen molar-refractivity contribution in [2.45, 2.75) is 18.9 Å². The first kappa shape index (κ1) is 9.16. The number of hydrogen-bond acceptors (Lipinski definition) is 3. The molecule has 1 atom stereocenters. The summed E-state index contributed by atoms with van der Waals surface area (Å²) in [4.78, 5) is 4.01. The van der Waals surface area contributed by atoms with Crippen LogP contribution in [-0.2, 0) is 5.60 Å². The van der Waals surface area contributed by atoms with Crippen LogP contribution in [0, 0.1) is 0 Å². The Balaban J connectivity index is 2.82. The molecule has 1 heterocycles. The summed E-state index contributed by atoms with van der Waals surface area (Å²) in [6.07, 6.45) is 1.94. The van der Waals surface area contributed by atoms with Crippen molar-refractivity contribution in [1.82, 2.24) is 4.98 Å². The Morgan fingerprint density at radius 2 is 2.25 bits per heavy atom. The van der Waals surface area contributed by atoms with Crippen LogP contribution in [-0.4, -0.2) is 21.8 Å². The number of pyridine rings is 1. The molecule has 0 amide bonds. The minimum absolute atomic E-state index is 0.0381. The molecular formula is C9H13NO2. The van der Waals surface area contributed by atoms with Gasteiger partial charge in [0.15, 0.2) is 0 Å². The summed E-state index contributed by atoms with van der Waals surface area (Å²) >= 11 is 0. The van der Waals surface area contributed by atoms with Crippen molar-refractivity contribution in [1.29, 1.82) is 0 Å². The average Bonchev–Trinajstić information content (AvgIpc) is 2.06. The smallest absolute Gasteiger partial charge is 0.106 e. The van der Waals surface area contributed by atoms with E-state index in [1.54, 1.807) is 25.3 Å². The highest BCUT2D eigenvalue weighted by Crippen LogP contribution is 2.20. The van der Waals surface area contributed by atoms with Gasteiger partial charge in [0.1, 0.15) is 5.60 Å². The summed E-state index contributed by atoms with van der Waals surface area (Å²) in [5, 5.41) is 18.4. The van der Waals surface area contributed by atoms with Crippen LogP contribution in [0.15, 0.2) is 24.4 Å². The van der Waals surface area contributed by atoms with Gasteiger partial charge in [-0.3, -0.25) is 4.98 Å². The largest absolute Gasteiger partial charge is 0.396 e. The van der Waals surface area contributed by atoms with Gasteiger partial charge >= 0.3 is 0 Å². The molecule has 1 unspecified atom stereocenters. The lowest BCUT2D eigenvalue weighted by atomic mass is 9.98. The lowest BCUT2D eigenvalue weighted by Gasteiger charge is -2.20. The summed E-state index contributed by atoms with van der Waals surface area (Å²) in [5.41, 5.74) is -0.422. The molecule has 1 aromatic rings. The van der Waals surface area contributed by atoms with Crippen molar-refractivity contribution < 1.29 is 10.2 Å². The Morgan fingerprint density at radius 3 is 2.75 bits per heavy atom. The molecule has 0 aromatic carbocycles. The van der Waals surface area contributed by atoms with Gasteiger partial charge in [-0.1, -0.05) is 6.07 Å². The topological polar surface area (TPSA) is 53.4 Å². The highest BCUT2D eigenvalue weighted by Gasteiger charge is 2.22. The van der Waals surface area contributed by atoms with Gasteiger partial charge in [-0.2, -0.15) is 0 Å². The van der Waals surface area contributed by atoms with Gasteiger partial charge in [0.2, 0.25) is 0 Å². The quantitative estimate of drug-likeness (QED) is 0.695. The molecular weight excluding hydrogens is 154 g/mol. The van der Waals surface area contributed by atoms with Gasteiger partial charge in [-0.15, -0.1) is 0 Å². The lowest BCUT2D eigenvalue weighted by molar-refractivity contribution is 0.0259. The maximum absolute atomic E-state index is 9.76. The third-order valence-electron chi connectivity index (χ3n) is 1.82. The molecule has 0 aliphatic carbocycles. The van der Waals surface area contributed by atoms with Crippen molar-refractivity contribution in [2.24, 2.45) is 0 Å². The molecule has 0 aliphatic rings. The third-order valence-corrected chi connectivity index (χ3v) is 1.82. The fraction of sp³-hybridized carbons (Fsp3) is 0.444. The van der Waals surface area contributed by atoms with E-state index in [9.17, 15) is 5.11 Å². The fourth-order valence-electron chi connectivity index (χ4n) is 1.03. The van der Waals surface area contributed by atoms with Crippen LogP contribution in [0.25, 0.3) is 0 Å². The predicted octanol–water partition coefficient (Wildman–Crippen LogP) is 0.671. The van der Waals surface area contributed by atoms with Crippen LogP contribution >= 0.6 is 0 Å². The van der Waals surface area contributed by atoms with Gasteiger partial charge in [-0.25, -0.2) is 0 Å². The average molecular weight is 167 g/mol. The van der Waals surface area contributed by atoms with Gasteiger partial charge in [0.25, 0.3) is 0 Å². The van der Waals surface area contributed by atoms with E-state index in [4.69, 9.17) is 5.11 Å². The molecule has 0 bridgehead atoms. The van der Waals surface area contributed by atoms with E-state index < -0.39 is 5.60 Å². The van der Waals surface area contributed by atoms with E-state index in [0.717, 1.165) is 0 Å². The zero-order valence-corrected chi connectivity index (χ0v) is 7.07. The number of aromatic nitrogens is 1. The fourth-order valence-corrected chi connectivity index (χ4v) is 1.03. The Hall–Kier alpha value is -0.930. The standard InChI is InChI=1S/C9H13NO2/c1-9(12,5-7-11)8-4-2-3-6-10-8/h2-4,6,11-12H,5,7H2,1H3. The van der Waals surface area contributed by atoms with Crippen LogP contribution in [0.3, 0.4) is 0 Å². The minimum atomic E-state index is -1.02. The molecule has 0 saturated carbocycles. The highest BCUT2D eigenvalue weighted by atomic mass is 16.3. The van der Waals surface area contributed by atoms with Crippen molar-refractivity contribution in [3.8, 4) is 0 Å². The zero-order valence-electron chi connectivity index (χ0n) is 7.07. The molecule has 3 heteroatoms. The van der Waals surface area contributed by atoms with Crippen LogP contribution < -0.4 is 0 Å². The second kappa shape index (κ2) is 3.65. The number of aliphatic hydroxyl groups is 2. The van der Waals surface area contributed by atoms with Crippen LogP contribution in [0.2, 0.25) is 0 Å². The van der Waals surface area contributed by atoms with Crippen LogP contribution in [0.1, 0.15) is 19.0 Å². The van der Waals surface area contributed by atoms with E-state index >= 15 is 0 Å². The van der Waals surface area contributed by atoms with Crippen LogP contribution in [0.4, 0.5) is 0 Å². The normalized spacial score (nSPS) is 15.6. The van der Waals surface area contributed by atoms with E-state index in [-0.39, 0.29) is 6.61 Å². The first-order chi connectivity index (χ1) is 5.67. The SMILES string of the molecule is CC(O)(CCO)c1ccccn1. The Labute approximate surface area is 71.7 Å². The second-order valence-electron chi connectivity index (χ2n) is 2.96. The summed E-state index contributed by atoms with van der Waals surface area (Å²) < 4.78 is 0. The summed E-state index contributed by atoms with van der Waals surface area (Å²) in [6, 6.07) is 5.35. The first-order valence-electron chi connectivity index (χ1n) is 3.91. The number of hydrogen-bond donors (Lipinski definition) is 2. The molecule has 66 valence electrons. The summed E-state index contributed by atoms with van der Waals surface area (Å²) in [5.74, 6) is 0. The Bertz CT molecular complexity index is 234. The van der Waals surface area contributed by atoms with Gasteiger partial charge in [-0.05, 0) is 19.1 Å². The number of rotatable bonds is 3. The van der Waals surface area contributed by atoms with E-state index in [1.807, 2.05) is 6.07 Å². The number of nitrogens with zero attached hydrogens (tertiary/aromatic N) is 1. The molecule has 1 aromatic heterocycles. The van der Waals surface area contributed by atoms with E-state index in [1.165, 1.54) is 0 Å². The molecule has 0 fully saturated rings. The van der Waals surface area contributed by atoms with Crippen molar-refractivity contribution in [3.05, 3.63) is 30.1 Å².